The number of hydrogen-bond donors (Lipinski definition) is 0. The molecule has 2 aliphatic rings. The molecule has 0 amide bonds. The Balaban J connectivity index is 1.91. The maximum absolute atomic E-state index is 2.23. The lowest BCUT2D eigenvalue weighted by Crippen LogP contribution is -2.23. The van der Waals surface area contributed by atoms with Crippen LogP contribution in [0.15, 0.2) is 0 Å². The first-order valence-electron chi connectivity index (χ1n) is 4.91. The molecule has 2 heterocycles. The van der Waals surface area contributed by atoms with E-state index in [-0.39, 0.29) is 0 Å². The van der Waals surface area contributed by atoms with Gasteiger partial charge in [-0.1, -0.05) is 0 Å². The Hall–Kier alpha value is 1.40. The van der Waals surface area contributed by atoms with Gasteiger partial charge in [-0.3, -0.25) is 0 Å². The van der Waals surface area contributed by atoms with Gasteiger partial charge in [-0.25, -0.2) is 0 Å². The minimum atomic E-state index is 0.561. The van der Waals surface area contributed by atoms with Crippen LogP contribution in [-0.4, -0.2) is 32.2 Å². The summed E-state index contributed by atoms with van der Waals surface area (Å²) in [6.45, 7) is 0. The van der Waals surface area contributed by atoms with Crippen molar-refractivity contribution in [2.75, 3.05) is 28.8 Å². The molecule has 76 valence electrons. The molecule has 0 nitrogen and oxygen atoms in total. The highest BCUT2D eigenvalue weighted by Crippen LogP contribution is 2.53. The Bertz CT molecular complexity index is 144. The summed E-state index contributed by atoms with van der Waals surface area (Å²) in [6.07, 6.45) is 4.25. The van der Waals surface area contributed by atoms with Gasteiger partial charge in [0.2, 0.25) is 0 Å². The van der Waals surface area contributed by atoms with Crippen LogP contribution in [0.4, 0.5) is 0 Å². The third-order valence-electron chi connectivity index (χ3n) is 2.24. The first-order chi connectivity index (χ1) is 6.41. The highest BCUT2D eigenvalue weighted by molar-refractivity contribution is 8.34. The molecule has 2 aliphatic heterocycles. The standard InChI is InChI=1S/C9H16S4/c1-4-10-8-3-9(11-5-1)12-6-2-7-13-9/h1-8H2. The van der Waals surface area contributed by atoms with Gasteiger partial charge >= 0.3 is 0 Å². The lowest BCUT2D eigenvalue weighted by Gasteiger charge is -2.36. The van der Waals surface area contributed by atoms with E-state index in [9.17, 15) is 0 Å². The monoisotopic (exact) mass is 252 g/mol. The van der Waals surface area contributed by atoms with Crippen LogP contribution in [0.1, 0.15) is 19.3 Å². The molecule has 0 N–H and O–H groups in total. The fraction of sp³-hybridized carbons (Fsp3) is 1.00. The number of thioether (sulfide) groups is 4. The van der Waals surface area contributed by atoms with E-state index in [1.165, 1.54) is 48.0 Å². The molecule has 0 aromatic rings. The van der Waals surface area contributed by atoms with Crippen molar-refractivity contribution in [3.63, 3.8) is 0 Å². The molecule has 0 unspecified atom stereocenters. The maximum Gasteiger partial charge on any atom is 0.107 e. The second-order valence-corrected chi connectivity index (χ2v) is 9.48. The Kier molecular flexibility index (Phi) is 4.59. The van der Waals surface area contributed by atoms with Crippen molar-refractivity contribution >= 4 is 47.0 Å². The van der Waals surface area contributed by atoms with Crippen molar-refractivity contribution in [3.8, 4) is 0 Å². The molecular formula is C9H16S4. The van der Waals surface area contributed by atoms with Crippen LogP contribution in [0.3, 0.4) is 0 Å². The summed E-state index contributed by atoms with van der Waals surface area (Å²) in [5, 5.41) is 0. The Morgan fingerprint density at radius 1 is 0.692 bits per heavy atom. The molecule has 0 saturated carbocycles. The Morgan fingerprint density at radius 2 is 1.31 bits per heavy atom. The molecule has 0 aliphatic carbocycles. The molecular weight excluding hydrogens is 236 g/mol. The van der Waals surface area contributed by atoms with E-state index >= 15 is 0 Å². The minimum Gasteiger partial charge on any atom is -0.162 e. The van der Waals surface area contributed by atoms with Gasteiger partial charge < -0.3 is 0 Å². The fourth-order valence-corrected chi connectivity index (χ4v) is 8.34. The molecule has 2 rings (SSSR count). The predicted molar refractivity (Wildman–Crippen MR) is 71.3 cm³/mol. The second kappa shape index (κ2) is 5.47. The maximum atomic E-state index is 2.23. The van der Waals surface area contributed by atoms with Gasteiger partial charge in [-0.2, -0.15) is 11.8 Å². The summed E-state index contributed by atoms with van der Waals surface area (Å²) < 4.78 is 0.561. The summed E-state index contributed by atoms with van der Waals surface area (Å²) in [5.74, 6) is 6.94. The normalized spacial score (nSPS) is 29.5. The smallest absolute Gasteiger partial charge is 0.107 e. The predicted octanol–water partition coefficient (Wildman–Crippen LogP) is 3.77. The third-order valence-corrected chi connectivity index (χ3v) is 8.84. The lowest BCUT2D eigenvalue weighted by molar-refractivity contribution is 0.966. The molecule has 0 bridgehead atoms. The van der Waals surface area contributed by atoms with Crippen LogP contribution in [-0.2, 0) is 0 Å². The highest BCUT2D eigenvalue weighted by atomic mass is 32.3. The zero-order valence-electron chi connectivity index (χ0n) is 7.79. The van der Waals surface area contributed by atoms with Gasteiger partial charge in [0.15, 0.2) is 0 Å². The molecule has 2 fully saturated rings. The zero-order valence-corrected chi connectivity index (χ0v) is 11.1. The fourth-order valence-electron chi connectivity index (χ4n) is 1.54. The van der Waals surface area contributed by atoms with Crippen molar-refractivity contribution in [1.29, 1.82) is 0 Å². The second-order valence-electron chi connectivity index (χ2n) is 3.30. The third kappa shape index (κ3) is 3.18. The average molecular weight is 252 g/mol. The SMILES string of the molecule is C1CSCCC2(SC1)SCCCS2. The summed E-state index contributed by atoms with van der Waals surface area (Å²) in [4.78, 5) is 0. The molecule has 1 spiro atoms. The number of hydrogen-bond acceptors (Lipinski definition) is 4. The van der Waals surface area contributed by atoms with E-state index in [2.05, 4.69) is 47.0 Å². The molecule has 0 aromatic carbocycles. The van der Waals surface area contributed by atoms with Crippen LogP contribution < -0.4 is 0 Å². The Morgan fingerprint density at radius 3 is 2.00 bits per heavy atom. The van der Waals surface area contributed by atoms with Crippen LogP contribution in [0.5, 0.6) is 0 Å². The average Bonchev–Trinajstić information content (AvgIpc) is 2.14. The molecule has 2 saturated heterocycles. The van der Waals surface area contributed by atoms with E-state index in [1.54, 1.807) is 0 Å². The van der Waals surface area contributed by atoms with E-state index < -0.39 is 0 Å². The minimum absolute atomic E-state index is 0.561. The summed E-state index contributed by atoms with van der Waals surface area (Å²) in [7, 11) is 0. The van der Waals surface area contributed by atoms with Gasteiger partial charge in [0, 0.05) is 0 Å². The summed E-state index contributed by atoms with van der Waals surface area (Å²) in [6, 6.07) is 0. The largest absolute Gasteiger partial charge is 0.162 e. The van der Waals surface area contributed by atoms with E-state index in [4.69, 9.17) is 0 Å². The van der Waals surface area contributed by atoms with E-state index in [1.807, 2.05) is 0 Å². The highest BCUT2D eigenvalue weighted by Gasteiger charge is 2.34. The van der Waals surface area contributed by atoms with E-state index in [0.29, 0.717) is 3.41 Å². The molecule has 0 atom stereocenters. The van der Waals surface area contributed by atoms with Crippen LogP contribution in [0.25, 0.3) is 0 Å². The van der Waals surface area contributed by atoms with Crippen molar-refractivity contribution in [1.82, 2.24) is 0 Å². The molecule has 4 heteroatoms. The first-order valence-corrected chi connectivity index (χ1v) is 9.02. The van der Waals surface area contributed by atoms with E-state index in [0.717, 1.165) is 0 Å². The number of rotatable bonds is 0. The molecule has 13 heavy (non-hydrogen) atoms. The van der Waals surface area contributed by atoms with Crippen LogP contribution >= 0.6 is 47.0 Å². The molecule has 0 radical (unpaired) electrons. The van der Waals surface area contributed by atoms with Gasteiger partial charge in [0.25, 0.3) is 0 Å². The van der Waals surface area contributed by atoms with Gasteiger partial charge in [0.1, 0.15) is 3.41 Å². The summed E-state index contributed by atoms with van der Waals surface area (Å²) in [5.41, 5.74) is 0. The molecule has 0 aromatic heterocycles. The first kappa shape index (κ1) is 10.9. The lowest BCUT2D eigenvalue weighted by atomic mass is 10.5. The van der Waals surface area contributed by atoms with Gasteiger partial charge in [-0.05, 0) is 48.0 Å². The van der Waals surface area contributed by atoms with Crippen molar-refractivity contribution in [2.45, 2.75) is 22.7 Å². The van der Waals surface area contributed by atoms with Gasteiger partial charge in [0.05, 0.1) is 0 Å². The summed E-state index contributed by atoms with van der Waals surface area (Å²) >= 11 is 8.83. The van der Waals surface area contributed by atoms with Gasteiger partial charge in [-0.15, -0.1) is 35.3 Å². The Labute approximate surface area is 98.1 Å². The van der Waals surface area contributed by atoms with Crippen LogP contribution in [0, 0.1) is 0 Å². The van der Waals surface area contributed by atoms with Crippen molar-refractivity contribution in [3.05, 3.63) is 0 Å². The van der Waals surface area contributed by atoms with Crippen molar-refractivity contribution in [2.24, 2.45) is 0 Å². The van der Waals surface area contributed by atoms with Crippen molar-refractivity contribution < 1.29 is 0 Å². The topological polar surface area (TPSA) is 0 Å². The van der Waals surface area contributed by atoms with Crippen LogP contribution in [0.2, 0.25) is 0 Å². The zero-order chi connectivity index (χ0) is 8.99. The quantitative estimate of drug-likeness (QED) is 0.643.